The molecule has 0 saturated heterocycles. The van der Waals surface area contributed by atoms with E-state index in [1.165, 1.54) is 0 Å². The first-order valence-electron chi connectivity index (χ1n) is 17.0. The number of rotatable bonds is 20. The van der Waals surface area contributed by atoms with Crippen molar-refractivity contribution in [2.24, 2.45) is 5.92 Å². The van der Waals surface area contributed by atoms with E-state index in [1.54, 1.807) is 0 Å². The van der Waals surface area contributed by atoms with Gasteiger partial charge in [-0.25, -0.2) is 43.9 Å². The van der Waals surface area contributed by atoms with Crippen LogP contribution in [0.2, 0.25) is 0 Å². The molecule has 4 nitrogen and oxygen atoms in total. The van der Waals surface area contributed by atoms with E-state index in [1.807, 2.05) is 6.92 Å². The van der Waals surface area contributed by atoms with E-state index in [0.29, 0.717) is 55.9 Å². The zero-order valence-corrected chi connectivity index (χ0v) is 29.2. The Kier molecular flexibility index (Phi) is 14.7. The molecule has 0 amide bonds. The van der Waals surface area contributed by atoms with E-state index in [9.17, 15) is 61.5 Å². The Labute approximate surface area is 310 Å². The highest BCUT2D eigenvalue weighted by atomic mass is 19.3. The highest BCUT2D eigenvalue weighted by Gasteiger charge is 2.43. The number of alkyl halides is 4. The fourth-order valence-corrected chi connectivity index (χ4v) is 5.47. The summed E-state index contributed by atoms with van der Waals surface area (Å²) >= 11 is 0. The van der Waals surface area contributed by atoms with E-state index >= 15 is 0 Å². The van der Waals surface area contributed by atoms with Gasteiger partial charge in [0.25, 0.3) is 0 Å². The lowest BCUT2D eigenvalue weighted by Gasteiger charge is -2.20. The van der Waals surface area contributed by atoms with Gasteiger partial charge >= 0.3 is 12.2 Å². The second-order valence-electron chi connectivity index (χ2n) is 12.7. The standard InChI is InChI=1S/C38H32F14O4/c1-20(8-4-2-6-10-53-21-12-25(39)33(26(40)13-21)37(49,50)55-23-16-29(43)35(47)30(44)17-23)9-5-3-7-11-54-22-14-27(41)34(28(42)15-22)38(51,52)56-24-18-31(45)36(48)32(46)19-24/h12-20H,2-11H2,1H3. The third kappa shape index (κ3) is 11.6. The first kappa shape index (κ1) is 43.8. The molecule has 56 heavy (non-hydrogen) atoms. The van der Waals surface area contributed by atoms with Gasteiger partial charge in [0.15, 0.2) is 34.9 Å². The van der Waals surface area contributed by atoms with Gasteiger partial charge in [-0.3, -0.25) is 0 Å². The maximum absolute atomic E-state index is 14.5. The van der Waals surface area contributed by atoms with Crippen LogP contribution < -0.4 is 18.9 Å². The monoisotopic (exact) mass is 818 g/mol. The molecule has 0 heterocycles. The summed E-state index contributed by atoms with van der Waals surface area (Å²) in [6, 6.07) is 2.34. The second-order valence-corrected chi connectivity index (χ2v) is 12.7. The molecular weight excluding hydrogens is 786 g/mol. The summed E-state index contributed by atoms with van der Waals surface area (Å²) in [4.78, 5) is 0. The summed E-state index contributed by atoms with van der Waals surface area (Å²) in [5, 5.41) is 0. The average Bonchev–Trinajstić information content (AvgIpc) is 3.07. The maximum atomic E-state index is 14.5. The van der Waals surface area contributed by atoms with Gasteiger partial charge in [-0.2, -0.15) is 17.6 Å². The quantitative estimate of drug-likeness (QED) is 0.0506. The van der Waals surface area contributed by atoms with E-state index in [0.717, 1.165) is 25.7 Å². The van der Waals surface area contributed by atoms with Crippen LogP contribution in [0.15, 0.2) is 48.5 Å². The van der Waals surface area contributed by atoms with Gasteiger partial charge in [0, 0.05) is 48.5 Å². The molecule has 0 atom stereocenters. The van der Waals surface area contributed by atoms with E-state index in [2.05, 4.69) is 9.47 Å². The number of unbranched alkanes of at least 4 members (excludes halogenated alkanes) is 4. The smallest absolute Gasteiger partial charge is 0.432 e. The molecule has 4 aromatic rings. The minimum absolute atomic E-state index is 0.00118. The molecule has 0 aliphatic rings. The highest BCUT2D eigenvalue weighted by Crippen LogP contribution is 2.39. The lowest BCUT2D eigenvalue weighted by atomic mass is 9.97. The largest absolute Gasteiger partial charge is 0.493 e. The van der Waals surface area contributed by atoms with Gasteiger partial charge in [0.05, 0.1) is 13.2 Å². The van der Waals surface area contributed by atoms with Crippen molar-refractivity contribution in [1.82, 2.24) is 0 Å². The molecule has 0 fully saturated rings. The SMILES string of the molecule is CC(CCCCCOc1cc(F)c(C(F)(F)Oc2cc(F)c(F)c(F)c2)c(F)c1)CCCCCOc1cc(F)c(C(F)(F)Oc2cc(F)c(F)c(F)c2)c(F)c1. The van der Waals surface area contributed by atoms with Crippen molar-refractivity contribution < 1.29 is 80.4 Å². The third-order valence-electron chi connectivity index (χ3n) is 8.24. The Bertz CT molecular complexity index is 1740. The molecule has 0 bridgehead atoms. The summed E-state index contributed by atoms with van der Waals surface area (Å²) in [6.45, 7) is 2.01. The zero-order valence-electron chi connectivity index (χ0n) is 29.2. The molecule has 0 aliphatic carbocycles. The predicted octanol–water partition coefficient (Wildman–Crippen LogP) is 12.5. The number of hydrogen-bond donors (Lipinski definition) is 0. The molecule has 0 spiro atoms. The van der Waals surface area contributed by atoms with Gasteiger partial charge in [0.2, 0.25) is 0 Å². The summed E-state index contributed by atoms with van der Waals surface area (Å²) in [5.74, 6) is -21.2. The molecule has 0 aliphatic heterocycles. The third-order valence-corrected chi connectivity index (χ3v) is 8.24. The Hall–Kier alpha value is -4.90. The molecule has 306 valence electrons. The van der Waals surface area contributed by atoms with Crippen LogP contribution in [0.5, 0.6) is 23.0 Å². The van der Waals surface area contributed by atoms with Crippen molar-refractivity contribution in [2.45, 2.75) is 70.5 Å². The molecule has 0 saturated carbocycles. The molecule has 0 radical (unpaired) electrons. The van der Waals surface area contributed by atoms with E-state index in [-0.39, 0.29) is 37.5 Å². The van der Waals surface area contributed by atoms with Crippen molar-refractivity contribution in [2.75, 3.05) is 13.2 Å². The molecule has 0 aromatic heterocycles. The lowest BCUT2D eigenvalue weighted by Crippen LogP contribution is -2.25. The summed E-state index contributed by atoms with van der Waals surface area (Å²) < 4.78 is 214. The Balaban J connectivity index is 1.11. The van der Waals surface area contributed by atoms with Crippen LogP contribution >= 0.6 is 0 Å². The van der Waals surface area contributed by atoms with Crippen molar-refractivity contribution in [1.29, 1.82) is 0 Å². The van der Waals surface area contributed by atoms with Crippen molar-refractivity contribution in [3.05, 3.63) is 118 Å². The van der Waals surface area contributed by atoms with Gasteiger partial charge in [-0.05, 0) is 18.8 Å². The first-order chi connectivity index (χ1) is 26.3. The normalized spacial score (nSPS) is 12.0. The summed E-state index contributed by atoms with van der Waals surface area (Å²) in [6.07, 6.45) is -4.07. The fraction of sp³-hybridized carbons (Fsp3) is 0.368. The van der Waals surface area contributed by atoms with Crippen LogP contribution in [0.3, 0.4) is 0 Å². The van der Waals surface area contributed by atoms with Crippen LogP contribution in [0.25, 0.3) is 0 Å². The molecule has 0 N–H and O–H groups in total. The van der Waals surface area contributed by atoms with Gasteiger partial charge in [-0.1, -0.05) is 45.4 Å². The van der Waals surface area contributed by atoms with Crippen molar-refractivity contribution >= 4 is 0 Å². The maximum Gasteiger partial charge on any atom is 0.432 e. The number of halogens is 14. The topological polar surface area (TPSA) is 36.9 Å². The molecular formula is C38H32F14O4. The van der Waals surface area contributed by atoms with Crippen molar-refractivity contribution in [3.8, 4) is 23.0 Å². The summed E-state index contributed by atoms with van der Waals surface area (Å²) in [5.41, 5.74) is -3.70. The van der Waals surface area contributed by atoms with Crippen molar-refractivity contribution in [3.63, 3.8) is 0 Å². The van der Waals surface area contributed by atoms with Gasteiger partial charge in [0.1, 0.15) is 57.4 Å². The number of ether oxygens (including phenoxy) is 4. The predicted molar refractivity (Wildman–Crippen MR) is 171 cm³/mol. The Morgan fingerprint density at radius 3 is 1.00 bits per heavy atom. The Morgan fingerprint density at radius 2 is 0.696 bits per heavy atom. The fourth-order valence-electron chi connectivity index (χ4n) is 5.47. The molecule has 4 rings (SSSR count). The minimum atomic E-state index is -4.73. The van der Waals surface area contributed by atoms with Gasteiger partial charge < -0.3 is 18.9 Å². The Morgan fingerprint density at radius 1 is 0.411 bits per heavy atom. The van der Waals surface area contributed by atoms with Crippen LogP contribution in [0, 0.1) is 64.1 Å². The minimum Gasteiger partial charge on any atom is -0.493 e. The number of benzene rings is 4. The highest BCUT2D eigenvalue weighted by molar-refractivity contribution is 5.35. The van der Waals surface area contributed by atoms with Crippen LogP contribution in [0.4, 0.5) is 61.5 Å². The molecule has 18 heteroatoms. The lowest BCUT2D eigenvalue weighted by molar-refractivity contribution is -0.190. The molecule has 0 unspecified atom stereocenters. The average molecular weight is 819 g/mol. The number of hydrogen-bond acceptors (Lipinski definition) is 4. The second kappa shape index (κ2) is 18.8. The van der Waals surface area contributed by atoms with E-state index in [4.69, 9.17) is 9.47 Å². The van der Waals surface area contributed by atoms with Crippen LogP contribution in [0.1, 0.15) is 69.4 Å². The van der Waals surface area contributed by atoms with Crippen LogP contribution in [-0.4, -0.2) is 13.2 Å². The van der Waals surface area contributed by atoms with Crippen LogP contribution in [-0.2, 0) is 12.2 Å². The molecule has 4 aromatic carbocycles. The van der Waals surface area contributed by atoms with E-state index < -0.39 is 105 Å². The zero-order chi connectivity index (χ0) is 41.4. The summed E-state index contributed by atoms with van der Waals surface area (Å²) in [7, 11) is 0. The van der Waals surface area contributed by atoms with Gasteiger partial charge in [-0.15, -0.1) is 0 Å². The first-order valence-corrected chi connectivity index (χ1v) is 17.0.